The summed E-state index contributed by atoms with van der Waals surface area (Å²) in [6, 6.07) is 14.8. The molecule has 152 valence electrons. The van der Waals surface area contributed by atoms with Gasteiger partial charge in [0.2, 0.25) is 0 Å². The number of furan rings is 1. The fourth-order valence-electron chi connectivity index (χ4n) is 3.34. The number of Topliss-reactive ketones (excluding diaryl/α,β-unsaturated/α-hetero) is 1. The number of benzene rings is 1. The van der Waals surface area contributed by atoms with Crippen molar-refractivity contribution in [1.29, 1.82) is 0 Å². The van der Waals surface area contributed by atoms with Crippen LogP contribution >= 0.6 is 0 Å². The van der Waals surface area contributed by atoms with Gasteiger partial charge in [-0.3, -0.25) is 14.8 Å². The topological polar surface area (TPSA) is 102 Å². The maximum atomic E-state index is 12.0. The molecule has 30 heavy (non-hydrogen) atoms. The summed E-state index contributed by atoms with van der Waals surface area (Å²) >= 11 is 0. The Labute approximate surface area is 174 Å². The first-order valence-electron chi connectivity index (χ1n) is 9.78. The second-order valence-electron chi connectivity index (χ2n) is 7.71. The zero-order valence-corrected chi connectivity index (χ0v) is 16.9. The van der Waals surface area contributed by atoms with Crippen molar-refractivity contribution in [2.24, 2.45) is 5.73 Å². The monoisotopic (exact) mass is 401 g/mol. The van der Waals surface area contributed by atoms with Gasteiger partial charge in [0.25, 0.3) is 0 Å². The average molecular weight is 401 g/mol. The summed E-state index contributed by atoms with van der Waals surface area (Å²) in [5, 5.41) is 10.3. The molecule has 4 aromatic rings. The van der Waals surface area contributed by atoms with Crippen molar-refractivity contribution < 1.29 is 14.3 Å². The van der Waals surface area contributed by atoms with Crippen molar-refractivity contribution in [1.82, 2.24) is 9.97 Å². The minimum Gasteiger partial charge on any atom is -0.454 e. The maximum absolute atomic E-state index is 12.0. The zero-order valence-electron chi connectivity index (χ0n) is 16.9. The number of aliphatic hydroxyl groups is 1. The van der Waals surface area contributed by atoms with E-state index in [0.29, 0.717) is 35.6 Å². The summed E-state index contributed by atoms with van der Waals surface area (Å²) < 4.78 is 6.16. The third-order valence-electron chi connectivity index (χ3n) is 4.97. The van der Waals surface area contributed by atoms with Crippen LogP contribution in [0.15, 0.2) is 65.3 Å². The molecule has 0 aliphatic carbocycles. The standard InChI is InChI=1S/C24H23N3O3/c1-24(2,29)22-13-17(8-11-27-22)18-9-12-26-19-14-21(30-23(18)19)16-5-3-15(4-6-16)20(28)7-10-25/h3-6,8-9,11-14,29H,7,10,25H2,1-2H3. The van der Waals surface area contributed by atoms with Crippen LogP contribution in [0.3, 0.4) is 0 Å². The Kier molecular flexibility index (Phi) is 5.20. The molecule has 3 N–H and O–H groups in total. The van der Waals surface area contributed by atoms with E-state index in [2.05, 4.69) is 9.97 Å². The number of carbonyl (C=O) groups excluding carboxylic acids is 1. The van der Waals surface area contributed by atoms with E-state index in [1.54, 1.807) is 38.4 Å². The molecule has 3 aromatic heterocycles. The Morgan fingerprint density at radius 2 is 1.77 bits per heavy atom. The Balaban J connectivity index is 1.74. The molecule has 0 amide bonds. The first-order chi connectivity index (χ1) is 14.4. The number of hydrogen-bond acceptors (Lipinski definition) is 6. The molecular weight excluding hydrogens is 378 g/mol. The van der Waals surface area contributed by atoms with Crippen molar-refractivity contribution in [3.63, 3.8) is 0 Å². The number of pyridine rings is 2. The Hall–Kier alpha value is -3.35. The normalized spacial score (nSPS) is 11.7. The van der Waals surface area contributed by atoms with Gasteiger partial charge in [0.05, 0.1) is 5.69 Å². The summed E-state index contributed by atoms with van der Waals surface area (Å²) in [5.74, 6) is 0.692. The minimum atomic E-state index is -1.04. The van der Waals surface area contributed by atoms with E-state index < -0.39 is 5.60 Å². The highest BCUT2D eigenvalue weighted by Crippen LogP contribution is 2.34. The van der Waals surface area contributed by atoms with Crippen molar-refractivity contribution in [3.05, 3.63) is 72.2 Å². The molecule has 6 nitrogen and oxygen atoms in total. The second kappa shape index (κ2) is 7.82. The van der Waals surface area contributed by atoms with Gasteiger partial charge in [0.15, 0.2) is 11.4 Å². The molecule has 0 aliphatic rings. The van der Waals surface area contributed by atoms with Gasteiger partial charge in [-0.2, -0.15) is 0 Å². The van der Waals surface area contributed by atoms with E-state index in [4.69, 9.17) is 10.2 Å². The van der Waals surface area contributed by atoms with Crippen LogP contribution in [-0.4, -0.2) is 27.4 Å². The number of carbonyl (C=O) groups is 1. The van der Waals surface area contributed by atoms with Gasteiger partial charge >= 0.3 is 0 Å². The lowest BCUT2D eigenvalue weighted by Crippen LogP contribution is -2.17. The van der Waals surface area contributed by atoms with Crippen molar-refractivity contribution >= 4 is 16.9 Å². The van der Waals surface area contributed by atoms with Crippen molar-refractivity contribution in [2.75, 3.05) is 6.54 Å². The van der Waals surface area contributed by atoms with E-state index >= 15 is 0 Å². The van der Waals surface area contributed by atoms with E-state index in [9.17, 15) is 9.90 Å². The number of fused-ring (bicyclic) bond motifs is 1. The Bertz CT molecular complexity index is 1200. The molecule has 0 spiro atoms. The van der Waals surface area contributed by atoms with Crippen LogP contribution in [0.5, 0.6) is 0 Å². The predicted molar refractivity (Wildman–Crippen MR) is 116 cm³/mol. The molecule has 0 radical (unpaired) electrons. The Morgan fingerprint density at radius 3 is 2.47 bits per heavy atom. The van der Waals surface area contributed by atoms with Gasteiger partial charge in [0.1, 0.15) is 16.9 Å². The quantitative estimate of drug-likeness (QED) is 0.467. The van der Waals surface area contributed by atoms with Gasteiger partial charge in [-0.15, -0.1) is 0 Å². The molecule has 0 bridgehead atoms. The van der Waals surface area contributed by atoms with Crippen LogP contribution in [0.2, 0.25) is 0 Å². The highest BCUT2D eigenvalue weighted by molar-refractivity contribution is 5.97. The summed E-state index contributed by atoms with van der Waals surface area (Å²) in [7, 11) is 0. The van der Waals surface area contributed by atoms with Gasteiger partial charge in [-0.05, 0) is 44.2 Å². The molecule has 3 heterocycles. The fourth-order valence-corrected chi connectivity index (χ4v) is 3.34. The van der Waals surface area contributed by atoms with Crippen LogP contribution in [0.25, 0.3) is 33.6 Å². The van der Waals surface area contributed by atoms with Gasteiger partial charge in [-0.1, -0.05) is 24.3 Å². The van der Waals surface area contributed by atoms with Crippen LogP contribution in [0, 0.1) is 0 Å². The smallest absolute Gasteiger partial charge is 0.164 e. The van der Waals surface area contributed by atoms with Crippen LogP contribution in [0.4, 0.5) is 0 Å². The van der Waals surface area contributed by atoms with Crippen LogP contribution < -0.4 is 5.73 Å². The first-order valence-corrected chi connectivity index (χ1v) is 9.78. The van der Waals surface area contributed by atoms with Gasteiger partial charge in [0, 0.05) is 41.6 Å². The SMILES string of the molecule is CC(C)(O)c1cc(-c2ccnc3cc(-c4ccc(C(=O)CCN)cc4)oc23)ccn1. The van der Waals surface area contributed by atoms with Crippen molar-refractivity contribution in [3.8, 4) is 22.5 Å². The second-order valence-corrected chi connectivity index (χ2v) is 7.71. The van der Waals surface area contributed by atoms with E-state index in [1.807, 2.05) is 36.4 Å². The molecule has 6 heteroatoms. The van der Waals surface area contributed by atoms with Gasteiger partial charge < -0.3 is 15.3 Å². The summed E-state index contributed by atoms with van der Waals surface area (Å²) in [4.78, 5) is 20.7. The lowest BCUT2D eigenvalue weighted by Gasteiger charge is -2.17. The van der Waals surface area contributed by atoms with Gasteiger partial charge in [-0.25, -0.2) is 0 Å². The van der Waals surface area contributed by atoms with Crippen LogP contribution in [-0.2, 0) is 5.60 Å². The zero-order chi connectivity index (χ0) is 21.3. The molecule has 1 aromatic carbocycles. The number of ketones is 1. The maximum Gasteiger partial charge on any atom is 0.164 e. The number of nitrogens with two attached hydrogens (primary N) is 1. The summed E-state index contributed by atoms with van der Waals surface area (Å²) in [5.41, 5.74) is 9.63. The summed E-state index contributed by atoms with van der Waals surface area (Å²) in [6.07, 6.45) is 3.74. The highest BCUT2D eigenvalue weighted by atomic mass is 16.3. The number of rotatable bonds is 6. The molecule has 0 aliphatic heterocycles. The number of hydrogen-bond donors (Lipinski definition) is 2. The molecule has 4 rings (SSSR count). The summed E-state index contributed by atoms with van der Waals surface area (Å²) in [6.45, 7) is 3.74. The molecule has 0 saturated carbocycles. The number of nitrogens with zero attached hydrogens (tertiary/aromatic N) is 2. The first kappa shape index (κ1) is 19.9. The van der Waals surface area contributed by atoms with E-state index in [1.165, 1.54) is 0 Å². The van der Waals surface area contributed by atoms with Crippen molar-refractivity contribution in [2.45, 2.75) is 25.9 Å². The van der Waals surface area contributed by atoms with E-state index in [-0.39, 0.29) is 5.78 Å². The molecule has 0 atom stereocenters. The van der Waals surface area contributed by atoms with Crippen LogP contribution in [0.1, 0.15) is 36.3 Å². The Morgan fingerprint density at radius 1 is 1.03 bits per heavy atom. The lowest BCUT2D eigenvalue weighted by atomic mass is 10.00. The third kappa shape index (κ3) is 3.87. The van der Waals surface area contributed by atoms with E-state index in [0.717, 1.165) is 22.2 Å². The largest absolute Gasteiger partial charge is 0.454 e. The number of aromatic nitrogens is 2. The molecule has 0 saturated heterocycles. The average Bonchev–Trinajstić information content (AvgIpc) is 3.18. The predicted octanol–water partition coefficient (Wildman–Crippen LogP) is 4.32. The highest BCUT2D eigenvalue weighted by Gasteiger charge is 2.19. The molecule has 0 unspecified atom stereocenters. The lowest BCUT2D eigenvalue weighted by molar-refractivity contribution is 0.0739. The molecular formula is C24H23N3O3. The molecule has 0 fully saturated rings. The fraction of sp³-hybridized carbons (Fsp3) is 0.208. The minimum absolute atomic E-state index is 0.0258. The third-order valence-corrected chi connectivity index (χ3v) is 4.97.